The molecule has 0 spiro atoms. The third-order valence-corrected chi connectivity index (χ3v) is 4.32. The summed E-state index contributed by atoms with van der Waals surface area (Å²) in [5, 5.41) is 4.12. The van der Waals surface area contributed by atoms with E-state index in [4.69, 9.17) is 11.6 Å². The number of unbranched alkanes of at least 4 members (excludes halogenated alkanes) is 1. The van der Waals surface area contributed by atoms with E-state index in [2.05, 4.69) is 36.1 Å². The molecule has 2 N–H and O–H groups in total. The molecule has 0 aliphatic carbocycles. The van der Waals surface area contributed by atoms with Gasteiger partial charge < -0.3 is 10.3 Å². The van der Waals surface area contributed by atoms with Crippen LogP contribution in [0.15, 0.2) is 0 Å². The van der Waals surface area contributed by atoms with Crippen molar-refractivity contribution < 1.29 is 0 Å². The number of hydrogen-bond donors (Lipinski definition) is 2. The Hall–Kier alpha value is -0.190. The molecule has 5 heteroatoms. The van der Waals surface area contributed by atoms with Gasteiger partial charge in [-0.3, -0.25) is 0 Å². The Morgan fingerprint density at radius 3 is 2.89 bits per heavy atom. The Balaban J connectivity index is 2.33. The van der Waals surface area contributed by atoms with E-state index >= 15 is 0 Å². The van der Waals surface area contributed by atoms with E-state index in [9.17, 15) is 0 Å². The highest BCUT2D eigenvalue weighted by Gasteiger charge is 2.09. The van der Waals surface area contributed by atoms with Crippen molar-refractivity contribution in [1.82, 2.24) is 15.3 Å². The molecule has 1 rings (SSSR count). The minimum atomic E-state index is 0.512. The molecule has 1 aromatic heterocycles. The first-order valence-corrected chi connectivity index (χ1v) is 8.75. The van der Waals surface area contributed by atoms with Crippen LogP contribution in [0.25, 0.3) is 0 Å². The fourth-order valence-corrected chi connectivity index (χ4v) is 2.83. The summed E-state index contributed by atoms with van der Waals surface area (Å²) >= 11 is 8.14. The molecule has 0 radical (unpaired) electrons. The van der Waals surface area contributed by atoms with Crippen LogP contribution in [0.2, 0.25) is 5.15 Å². The Kier molecular flexibility index (Phi) is 8.58. The van der Waals surface area contributed by atoms with Crippen LogP contribution in [0.3, 0.4) is 0 Å². The van der Waals surface area contributed by atoms with Crippen LogP contribution >= 0.6 is 23.4 Å². The fourth-order valence-electron chi connectivity index (χ4n) is 1.80. The highest BCUT2D eigenvalue weighted by molar-refractivity contribution is 7.99. The maximum atomic E-state index is 6.15. The van der Waals surface area contributed by atoms with Gasteiger partial charge in [0, 0.05) is 19.0 Å². The third-order valence-electron chi connectivity index (χ3n) is 3.07. The van der Waals surface area contributed by atoms with Gasteiger partial charge in [-0.2, -0.15) is 11.8 Å². The van der Waals surface area contributed by atoms with Gasteiger partial charge in [0.05, 0.1) is 5.69 Å². The van der Waals surface area contributed by atoms with Gasteiger partial charge >= 0.3 is 0 Å². The topological polar surface area (TPSA) is 40.7 Å². The van der Waals surface area contributed by atoms with Crippen molar-refractivity contribution in [2.75, 3.05) is 11.5 Å². The quantitative estimate of drug-likeness (QED) is 0.641. The summed E-state index contributed by atoms with van der Waals surface area (Å²) in [6.07, 6.45) is 4.51. The van der Waals surface area contributed by atoms with E-state index in [1.807, 2.05) is 11.8 Å². The lowest BCUT2D eigenvalue weighted by atomic mass is 10.2. The maximum absolute atomic E-state index is 6.15. The minimum Gasteiger partial charge on any atom is -0.344 e. The van der Waals surface area contributed by atoms with E-state index in [1.54, 1.807) is 0 Å². The number of aryl methyl sites for hydroxylation is 1. The lowest BCUT2D eigenvalue weighted by Crippen LogP contribution is -2.26. The summed E-state index contributed by atoms with van der Waals surface area (Å²) in [4.78, 5) is 7.70. The third kappa shape index (κ3) is 6.68. The smallest absolute Gasteiger partial charge is 0.151 e. The van der Waals surface area contributed by atoms with Crippen LogP contribution < -0.4 is 5.32 Å². The Morgan fingerprint density at radius 1 is 1.42 bits per heavy atom. The van der Waals surface area contributed by atoms with E-state index < -0.39 is 0 Å². The highest BCUT2D eigenvalue weighted by Crippen LogP contribution is 2.14. The average molecular weight is 304 g/mol. The predicted molar refractivity (Wildman–Crippen MR) is 86.1 cm³/mol. The predicted octanol–water partition coefficient (Wildman–Crippen LogP) is 4.03. The molecule has 1 aromatic rings. The molecular formula is C14H26ClN3S. The van der Waals surface area contributed by atoms with Gasteiger partial charge in [0.1, 0.15) is 5.82 Å². The molecule has 1 heterocycles. The van der Waals surface area contributed by atoms with E-state index in [0.717, 1.165) is 30.9 Å². The zero-order valence-corrected chi connectivity index (χ0v) is 13.8. The van der Waals surface area contributed by atoms with Crippen molar-refractivity contribution in [2.24, 2.45) is 0 Å². The summed E-state index contributed by atoms with van der Waals surface area (Å²) in [5.41, 5.74) is 1.02. The second-order valence-electron chi connectivity index (χ2n) is 4.82. The van der Waals surface area contributed by atoms with Crippen LogP contribution in [0.1, 0.15) is 51.6 Å². The van der Waals surface area contributed by atoms with Crippen LogP contribution in [0.4, 0.5) is 0 Å². The number of thioether (sulfide) groups is 1. The number of H-pyrrole nitrogens is 1. The van der Waals surface area contributed by atoms with Crippen molar-refractivity contribution in [2.45, 2.75) is 59.0 Å². The molecule has 0 aliphatic rings. The Morgan fingerprint density at radius 2 is 2.21 bits per heavy atom. The van der Waals surface area contributed by atoms with Gasteiger partial charge in [-0.1, -0.05) is 31.9 Å². The van der Waals surface area contributed by atoms with Crippen molar-refractivity contribution in [3.05, 3.63) is 16.7 Å². The average Bonchev–Trinajstić information content (AvgIpc) is 2.75. The summed E-state index contributed by atoms with van der Waals surface area (Å²) in [6.45, 7) is 7.38. The Bertz CT molecular complexity index is 354. The number of hydrogen-bond acceptors (Lipinski definition) is 3. The molecule has 0 saturated carbocycles. The van der Waals surface area contributed by atoms with E-state index in [-0.39, 0.29) is 0 Å². The van der Waals surface area contributed by atoms with Crippen molar-refractivity contribution in [1.29, 1.82) is 0 Å². The SMILES string of the molecule is CCCCc1nc(Cl)c(CNC(C)CCSCC)[nH]1. The van der Waals surface area contributed by atoms with E-state index in [1.165, 1.54) is 24.3 Å². The second-order valence-corrected chi connectivity index (χ2v) is 6.58. The molecule has 0 bridgehead atoms. The zero-order valence-electron chi connectivity index (χ0n) is 12.3. The zero-order chi connectivity index (χ0) is 14.1. The molecule has 0 aliphatic heterocycles. The summed E-state index contributed by atoms with van der Waals surface area (Å²) < 4.78 is 0. The lowest BCUT2D eigenvalue weighted by Gasteiger charge is -2.12. The largest absolute Gasteiger partial charge is 0.344 e. The molecule has 0 amide bonds. The number of nitrogens with zero attached hydrogens (tertiary/aromatic N) is 1. The van der Waals surface area contributed by atoms with Gasteiger partial charge in [0.2, 0.25) is 0 Å². The highest BCUT2D eigenvalue weighted by atomic mass is 35.5. The number of imidazole rings is 1. The molecule has 1 unspecified atom stereocenters. The number of rotatable bonds is 10. The molecule has 0 aromatic carbocycles. The standard InChI is InChI=1S/C14H26ClN3S/c1-4-6-7-13-17-12(14(15)18-13)10-16-11(3)8-9-19-5-2/h11,16H,4-10H2,1-3H3,(H,17,18). The molecule has 0 saturated heterocycles. The first-order chi connectivity index (χ1) is 9.17. The van der Waals surface area contributed by atoms with Gasteiger partial charge in [-0.15, -0.1) is 0 Å². The fraction of sp³-hybridized carbons (Fsp3) is 0.786. The van der Waals surface area contributed by atoms with Crippen LogP contribution in [0, 0.1) is 0 Å². The number of halogens is 1. The monoisotopic (exact) mass is 303 g/mol. The minimum absolute atomic E-state index is 0.512. The van der Waals surface area contributed by atoms with Gasteiger partial charge in [-0.25, -0.2) is 4.98 Å². The molecule has 3 nitrogen and oxygen atoms in total. The van der Waals surface area contributed by atoms with Crippen molar-refractivity contribution >= 4 is 23.4 Å². The number of nitrogens with one attached hydrogen (secondary N) is 2. The Labute approximate surface area is 126 Å². The summed E-state index contributed by atoms with van der Waals surface area (Å²) in [6, 6.07) is 0.512. The number of aromatic nitrogens is 2. The van der Waals surface area contributed by atoms with Crippen LogP contribution in [-0.4, -0.2) is 27.5 Å². The second kappa shape index (κ2) is 9.67. The van der Waals surface area contributed by atoms with Crippen molar-refractivity contribution in [3.63, 3.8) is 0 Å². The van der Waals surface area contributed by atoms with Gasteiger partial charge in [0.15, 0.2) is 5.15 Å². The first-order valence-electron chi connectivity index (χ1n) is 7.21. The van der Waals surface area contributed by atoms with Gasteiger partial charge in [-0.05, 0) is 31.3 Å². The van der Waals surface area contributed by atoms with Gasteiger partial charge in [0.25, 0.3) is 0 Å². The first kappa shape index (κ1) is 16.9. The molecular weight excluding hydrogens is 278 g/mol. The molecule has 19 heavy (non-hydrogen) atoms. The molecule has 110 valence electrons. The molecule has 1 atom stereocenters. The lowest BCUT2D eigenvalue weighted by molar-refractivity contribution is 0.532. The summed E-state index contributed by atoms with van der Waals surface area (Å²) in [7, 11) is 0. The van der Waals surface area contributed by atoms with Crippen LogP contribution in [0.5, 0.6) is 0 Å². The molecule has 0 fully saturated rings. The van der Waals surface area contributed by atoms with Crippen LogP contribution in [-0.2, 0) is 13.0 Å². The van der Waals surface area contributed by atoms with Crippen molar-refractivity contribution in [3.8, 4) is 0 Å². The summed E-state index contributed by atoms with van der Waals surface area (Å²) in [5.74, 6) is 3.42. The normalized spacial score (nSPS) is 12.8. The van der Waals surface area contributed by atoms with E-state index in [0.29, 0.717) is 11.2 Å². The number of aromatic amines is 1. The maximum Gasteiger partial charge on any atom is 0.151 e.